The number of nitrogens with one attached hydrogen (secondary N) is 1. The van der Waals surface area contributed by atoms with Gasteiger partial charge in [-0.2, -0.15) is 13.2 Å². The molecule has 3 N–H and O–H groups in total. The van der Waals surface area contributed by atoms with Crippen molar-refractivity contribution in [2.24, 2.45) is 0 Å². The van der Waals surface area contributed by atoms with Gasteiger partial charge in [-0.05, 0) is 75.9 Å². The zero-order valence-corrected chi connectivity index (χ0v) is 23.2. The fourth-order valence-corrected chi connectivity index (χ4v) is 5.06. The maximum Gasteiger partial charge on any atom is 0.416 e. The maximum atomic E-state index is 14.0. The average Bonchev–Trinajstić information content (AvgIpc) is 2.97. The Bertz CT molecular complexity index is 1670. The first-order chi connectivity index (χ1) is 20.1. The number of amides is 1. The molecule has 1 fully saturated rings. The molecule has 4 aromatic rings. The Labute approximate surface area is 241 Å². The van der Waals surface area contributed by atoms with E-state index in [2.05, 4.69) is 37.0 Å². The van der Waals surface area contributed by atoms with Crippen molar-refractivity contribution < 1.29 is 18.0 Å². The summed E-state index contributed by atoms with van der Waals surface area (Å²) in [5, 5.41) is 3.31. The minimum absolute atomic E-state index is 0.0470. The molecule has 5 rings (SSSR count). The monoisotopic (exact) mass is 573 g/mol. The number of piperidine rings is 1. The van der Waals surface area contributed by atoms with Crippen LogP contribution in [-0.4, -0.2) is 63.9 Å². The van der Waals surface area contributed by atoms with E-state index in [-0.39, 0.29) is 23.4 Å². The van der Waals surface area contributed by atoms with Crippen LogP contribution in [0.2, 0.25) is 0 Å². The zero-order chi connectivity index (χ0) is 29.9. The Kier molecular flexibility index (Phi) is 8.38. The molecule has 1 saturated heterocycles. The lowest BCUT2D eigenvalue weighted by molar-refractivity contribution is -0.138. The molecular formula is C31H30F3N7O. The first-order valence-electron chi connectivity index (χ1n) is 13.4. The second-order valence-electron chi connectivity index (χ2n) is 10.5. The van der Waals surface area contributed by atoms with Gasteiger partial charge in [-0.15, -0.1) is 0 Å². The molecule has 1 aliphatic heterocycles. The fourth-order valence-electron chi connectivity index (χ4n) is 5.06. The lowest BCUT2D eigenvalue weighted by atomic mass is 10.0. The number of carbonyl (C=O) groups excluding carboxylic acids is 1. The van der Waals surface area contributed by atoms with E-state index in [0.717, 1.165) is 37.4 Å². The van der Waals surface area contributed by atoms with Gasteiger partial charge in [0.2, 0.25) is 0 Å². The molecule has 0 bridgehead atoms. The molecule has 1 aromatic carbocycles. The van der Waals surface area contributed by atoms with Crippen LogP contribution < -0.4 is 11.1 Å². The van der Waals surface area contributed by atoms with E-state index < -0.39 is 17.6 Å². The first kappa shape index (κ1) is 29.0. The van der Waals surface area contributed by atoms with Crippen LogP contribution in [0, 0.1) is 11.8 Å². The van der Waals surface area contributed by atoms with Gasteiger partial charge in [0, 0.05) is 54.0 Å². The highest BCUT2D eigenvalue weighted by molar-refractivity contribution is 6.04. The molecule has 0 atom stereocenters. The van der Waals surface area contributed by atoms with Gasteiger partial charge in [0.1, 0.15) is 11.3 Å². The Hall–Kier alpha value is -4.53. The first-order valence-corrected chi connectivity index (χ1v) is 13.4. The number of halogens is 3. The predicted octanol–water partition coefficient (Wildman–Crippen LogP) is 4.80. The SMILES string of the molecule is CN(C)C1CCN(Cc2ccc(NC(=O)c3cncc(C#Cc4cnc(N)c5ncccc45)c3)cc2C(F)(F)F)CC1. The maximum absolute atomic E-state index is 14.0. The van der Waals surface area contributed by atoms with Crippen LogP contribution in [0.3, 0.4) is 0 Å². The molecule has 1 aliphatic rings. The number of anilines is 2. The summed E-state index contributed by atoms with van der Waals surface area (Å²) in [7, 11) is 4.04. The normalized spacial score (nSPS) is 14.5. The molecule has 42 heavy (non-hydrogen) atoms. The highest BCUT2D eigenvalue weighted by Gasteiger charge is 2.34. The number of fused-ring (bicyclic) bond motifs is 1. The van der Waals surface area contributed by atoms with Gasteiger partial charge in [0.15, 0.2) is 0 Å². The second kappa shape index (κ2) is 12.1. The van der Waals surface area contributed by atoms with E-state index in [0.29, 0.717) is 28.5 Å². The summed E-state index contributed by atoms with van der Waals surface area (Å²) < 4.78 is 42.1. The number of hydrogen-bond donors (Lipinski definition) is 2. The van der Waals surface area contributed by atoms with Crippen molar-refractivity contribution in [2.75, 3.05) is 38.2 Å². The highest BCUT2D eigenvalue weighted by atomic mass is 19.4. The Morgan fingerprint density at radius 2 is 1.88 bits per heavy atom. The van der Waals surface area contributed by atoms with E-state index in [1.807, 2.05) is 25.1 Å². The summed E-state index contributed by atoms with van der Waals surface area (Å²) in [4.78, 5) is 29.6. The number of carbonyl (C=O) groups is 1. The van der Waals surface area contributed by atoms with E-state index in [1.54, 1.807) is 18.5 Å². The smallest absolute Gasteiger partial charge is 0.382 e. The molecule has 8 nitrogen and oxygen atoms in total. The lowest BCUT2D eigenvalue weighted by Gasteiger charge is -2.35. The molecule has 0 saturated carbocycles. The number of benzene rings is 1. The lowest BCUT2D eigenvalue weighted by Crippen LogP contribution is -2.41. The summed E-state index contributed by atoms with van der Waals surface area (Å²) in [6, 6.07) is 9.49. The van der Waals surface area contributed by atoms with Gasteiger partial charge in [-0.25, -0.2) is 4.98 Å². The van der Waals surface area contributed by atoms with Crippen LogP contribution in [0.25, 0.3) is 10.9 Å². The average molecular weight is 574 g/mol. The largest absolute Gasteiger partial charge is 0.416 e. The minimum atomic E-state index is -4.56. The third kappa shape index (κ3) is 6.67. The van der Waals surface area contributed by atoms with Crippen molar-refractivity contribution in [2.45, 2.75) is 31.6 Å². The summed E-state index contributed by atoms with van der Waals surface area (Å²) in [6.07, 6.45) is 3.24. The molecule has 1 amide bonds. The van der Waals surface area contributed by atoms with Crippen LogP contribution >= 0.6 is 0 Å². The third-order valence-corrected chi connectivity index (χ3v) is 7.37. The van der Waals surface area contributed by atoms with E-state index in [9.17, 15) is 18.0 Å². The van der Waals surface area contributed by atoms with Crippen LogP contribution in [0.15, 0.2) is 61.2 Å². The Morgan fingerprint density at radius 3 is 2.62 bits per heavy atom. The van der Waals surface area contributed by atoms with Crippen LogP contribution in [0.1, 0.15) is 45.5 Å². The quantitative estimate of drug-likeness (QED) is 0.331. The van der Waals surface area contributed by atoms with Crippen LogP contribution in [0.4, 0.5) is 24.7 Å². The van der Waals surface area contributed by atoms with Gasteiger partial charge in [-0.1, -0.05) is 17.9 Å². The van der Waals surface area contributed by atoms with E-state index in [1.165, 1.54) is 30.6 Å². The topological polar surface area (TPSA) is 100 Å². The van der Waals surface area contributed by atoms with Gasteiger partial charge in [-0.3, -0.25) is 19.7 Å². The van der Waals surface area contributed by atoms with Crippen molar-refractivity contribution in [3.63, 3.8) is 0 Å². The molecule has 216 valence electrons. The number of nitrogen functional groups attached to an aromatic ring is 1. The number of nitrogens with two attached hydrogens (primary N) is 1. The van der Waals surface area contributed by atoms with Crippen molar-refractivity contribution in [3.8, 4) is 11.8 Å². The van der Waals surface area contributed by atoms with Crippen LogP contribution in [-0.2, 0) is 12.7 Å². The zero-order valence-electron chi connectivity index (χ0n) is 23.2. The number of nitrogens with zero attached hydrogens (tertiary/aromatic N) is 5. The minimum Gasteiger partial charge on any atom is -0.382 e. The summed E-state index contributed by atoms with van der Waals surface area (Å²) in [5.41, 5.74) is 7.12. The van der Waals surface area contributed by atoms with E-state index >= 15 is 0 Å². The van der Waals surface area contributed by atoms with Gasteiger partial charge < -0.3 is 16.0 Å². The molecule has 3 aromatic heterocycles. The summed E-state index contributed by atoms with van der Waals surface area (Å²) >= 11 is 0. The van der Waals surface area contributed by atoms with Crippen molar-refractivity contribution >= 4 is 28.3 Å². The van der Waals surface area contributed by atoms with E-state index in [4.69, 9.17) is 5.73 Å². The standard InChI is InChI=1S/C31H30F3N7O/c1-40(2)25-9-12-41(13-10-25)19-22-7-8-24(15-27(22)31(32,33)34)39-30(42)23-14-20(16-36-17-23)5-6-21-18-38-29(35)28-26(21)4-3-11-37-28/h3-4,7-8,11,14-18,25H,9-10,12-13,19H2,1-2H3,(H2,35,38)(H,39,42). The fraction of sp³-hybridized carbons (Fsp3) is 0.290. The van der Waals surface area contributed by atoms with Crippen molar-refractivity contribution in [1.82, 2.24) is 24.8 Å². The highest BCUT2D eigenvalue weighted by Crippen LogP contribution is 2.35. The molecular weight excluding hydrogens is 543 g/mol. The number of pyridine rings is 3. The summed E-state index contributed by atoms with van der Waals surface area (Å²) in [5.74, 6) is 5.66. The van der Waals surface area contributed by atoms with Gasteiger partial charge >= 0.3 is 6.18 Å². The van der Waals surface area contributed by atoms with Gasteiger partial charge in [0.25, 0.3) is 5.91 Å². The Balaban J connectivity index is 1.32. The molecule has 4 heterocycles. The number of alkyl halides is 3. The number of aromatic nitrogens is 3. The molecule has 11 heteroatoms. The number of likely N-dealkylation sites (tertiary alicyclic amines) is 1. The van der Waals surface area contributed by atoms with Crippen molar-refractivity contribution in [1.29, 1.82) is 0 Å². The molecule has 0 aliphatic carbocycles. The molecule has 0 spiro atoms. The van der Waals surface area contributed by atoms with Crippen LogP contribution in [0.5, 0.6) is 0 Å². The number of rotatable bonds is 5. The molecule has 0 unspecified atom stereocenters. The molecule has 0 radical (unpaired) electrons. The number of hydrogen-bond acceptors (Lipinski definition) is 7. The Morgan fingerprint density at radius 1 is 1.10 bits per heavy atom. The predicted molar refractivity (Wildman–Crippen MR) is 156 cm³/mol. The van der Waals surface area contributed by atoms with Crippen molar-refractivity contribution in [3.05, 3.63) is 89.0 Å². The second-order valence-corrected chi connectivity index (χ2v) is 10.5. The summed E-state index contributed by atoms with van der Waals surface area (Å²) in [6.45, 7) is 1.66. The van der Waals surface area contributed by atoms with Gasteiger partial charge in [0.05, 0.1) is 16.7 Å². The third-order valence-electron chi connectivity index (χ3n) is 7.37.